The lowest BCUT2D eigenvalue weighted by molar-refractivity contribution is -0.137. The molecule has 33 heavy (non-hydrogen) atoms. The number of amides is 1. The van der Waals surface area contributed by atoms with Gasteiger partial charge in [0.25, 0.3) is 0 Å². The Morgan fingerprint density at radius 1 is 1.21 bits per heavy atom. The van der Waals surface area contributed by atoms with Gasteiger partial charge in [-0.05, 0) is 57.2 Å². The first-order chi connectivity index (χ1) is 15.5. The highest BCUT2D eigenvalue weighted by Gasteiger charge is 2.31. The molecular weight excluding hydrogens is 479 g/mol. The van der Waals surface area contributed by atoms with E-state index in [4.69, 9.17) is 16.3 Å². The zero-order valence-electron chi connectivity index (χ0n) is 18.0. The van der Waals surface area contributed by atoms with Gasteiger partial charge in [0.15, 0.2) is 5.16 Å². The minimum atomic E-state index is -4.56. The van der Waals surface area contributed by atoms with Gasteiger partial charge < -0.3 is 14.6 Å². The Kier molecular flexibility index (Phi) is 7.58. The van der Waals surface area contributed by atoms with Crippen LogP contribution in [0.2, 0.25) is 5.02 Å². The summed E-state index contributed by atoms with van der Waals surface area (Å²) in [7, 11) is 0. The largest absolute Gasteiger partial charge is 0.462 e. The topological polar surface area (TPSA) is 73.2 Å². The number of aromatic nitrogens is 2. The fourth-order valence-electron chi connectivity index (χ4n) is 3.09. The summed E-state index contributed by atoms with van der Waals surface area (Å²) in [5, 5.41) is 2.30. The molecule has 0 saturated heterocycles. The molecule has 1 heterocycles. The number of rotatable bonds is 7. The molecule has 0 saturated carbocycles. The maximum absolute atomic E-state index is 13.0. The van der Waals surface area contributed by atoms with Crippen LogP contribution in [0.3, 0.4) is 0 Å². The molecule has 3 aromatic rings. The van der Waals surface area contributed by atoms with E-state index in [1.807, 2.05) is 11.5 Å². The van der Waals surface area contributed by atoms with Crippen molar-refractivity contribution in [2.75, 3.05) is 11.9 Å². The highest BCUT2D eigenvalue weighted by atomic mass is 35.5. The van der Waals surface area contributed by atoms with Gasteiger partial charge in [-0.25, -0.2) is 9.78 Å². The van der Waals surface area contributed by atoms with Crippen molar-refractivity contribution in [3.8, 4) is 0 Å². The molecule has 0 spiro atoms. The standard InChI is InChI=1S/C22H21ClF3N3O3S/c1-4-29-18-9-6-13(20(31)32-5-2)10-17(18)28-21(29)33-12(3)19(30)27-16-11-14(22(24,25)26)7-8-15(16)23/h6-12H,4-5H2,1-3H3,(H,27,30). The van der Waals surface area contributed by atoms with Gasteiger partial charge in [-0.1, -0.05) is 23.4 Å². The van der Waals surface area contributed by atoms with Crippen molar-refractivity contribution in [1.82, 2.24) is 9.55 Å². The molecule has 11 heteroatoms. The van der Waals surface area contributed by atoms with Crippen molar-refractivity contribution in [1.29, 1.82) is 0 Å². The van der Waals surface area contributed by atoms with Crippen molar-refractivity contribution < 1.29 is 27.5 Å². The summed E-state index contributed by atoms with van der Waals surface area (Å²) in [4.78, 5) is 29.2. The lowest BCUT2D eigenvalue weighted by atomic mass is 10.2. The Morgan fingerprint density at radius 2 is 1.94 bits per heavy atom. The molecule has 3 rings (SSSR count). The number of hydrogen-bond acceptors (Lipinski definition) is 5. The van der Waals surface area contributed by atoms with Crippen LogP contribution in [-0.2, 0) is 22.3 Å². The van der Waals surface area contributed by atoms with Crippen LogP contribution in [0.5, 0.6) is 0 Å². The van der Waals surface area contributed by atoms with E-state index in [0.29, 0.717) is 22.8 Å². The van der Waals surface area contributed by atoms with E-state index >= 15 is 0 Å². The lowest BCUT2D eigenvalue weighted by Crippen LogP contribution is -2.23. The van der Waals surface area contributed by atoms with Crippen LogP contribution in [0.1, 0.15) is 36.7 Å². The number of ether oxygens (including phenoxy) is 1. The van der Waals surface area contributed by atoms with Crippen molar-refractivity contribution in [2.24, 2.45) is 0 Å². The average molecular weight is 500 g/mol. The molecule has 0 fully saturated rings. The SMILES string of the molecule is CCOC(=O)c1ccc2c(c1)nc(SC(C)C(=O)Nc1cc(C(F)(F)F)ccc1Cl)n2CC. The third-order valence-electron chi connectivity index (χ3n) is 4.74. The Bertz CT molecular complexity index is 1200. The normalized spacial score (nSPS) is 12.6. The van der Waals surface area contributed by atoms with Gasteiger partial charge in [-0.2, -0.15) is 13.2 Å². The molecule has 1 unspecified atom stereocenters. The Labute approximate surface area is 197 Å². The number of alkyl halides is 3. The van der Waals surface area contributed by atoms with E-state index in [2.05, 4.69) is 10.3 Å². The summed E-state index contributed by atoms with van der Waals surface area (Å²) >= 11 is 7.12. The first-order valence-corrected chi connectivity index (χ1v) is 11.3. The number of halogens is 4. The second-order valence-electron chi connectivity index (χ2n) is 7.00. The van der Waals surface area contributed by atoms with Gasteiger partial charge in [0, 0.05) is 6.54 Å². The van der Waals surface area contributed by atoms with Gasteiger partial charge in [-0.3, -0.25) is 4.79 Å². The third kappa shape index (κ3) is 5.62. The highest BCUT2D eigenvalue weighted by molar-refractivity contribution is 8.00. The monoisotopic (exact) mass is 499 g/mol. The second-order valence-corrected chi connectivity index (χ2v) is 8.72. The number of aryl methyl sites for hydroxylation is 1. The number of carbonyl (C=O) groups is 2. The van der Waals surface area contributed by atoms with E-state index in [9.17, 15) is 22.8 Å². The lowest BCUT2D eigenvalue weighted by Gasteiger charge is -2.15. The van der Waals surface area contributed by atoms with Crippen LogP contribution in [0.4, 0.5) is 18.9 Å². The van der Waals surface area contributed by atoms with E-state index in [-0.39, 0.29) is 17.3 Å². The zero-order chi connectivity index (χ0) is 24.3. The molecule has 0 bridgehead atoms. The number of thioether (sulfide) groups is 1. The minimum Gasteiger partial charge on any atom is -0.462 e. The van der Waals surface area contributed by atoms with Crippen LogP contribution in [0, 0.1) is 0 Å². The number of nitrogens with zero attached hydrogens (tertiary/aromatic N) is 2. The third-order valence-corrected chi connectivity index (χ3v) is 6.16. The molecule has 0 aliphatic rings. The van der Waals surface area contributed by atoms with Gasteiger partial charge in [0.1, 0.15) is 0 Å². The van der Waals surface area contributed by atoms with Crippen LogP contribution >= 0.6 is 23.4 Å². The molecular formula is C22H21ClF3N3O3S. The summed E-state index contributed by atoms with van der Waals surface area (Å²) in [5.41, 5.74) is 0.686. The van der Waals surface area contributed by atoms with E-state index in [1.165, 1.54) is 0 Å². The molecule has 1 N–H and O–H groups in total. The summed E-state index contributed by atoms with van der Waals surface area (Å²) < 4.78 is 45.9. The number of nitrogens with one attached hydrogen (secondary N) is 1. The Hall–Kier alpha value is -2.72. The van der Waals surface area contributed by atoms with E-state index < -0.39 is 28.9 Å². The Morgan fingerprint density at radius 3 is 2.58 bits per heavy atom. The first-order valence-electron chi connectivity index (χ1n) is 10.1. The number of anilines is 1. The van der Waals surface area contributed by atoms with Crippen molar-refractivity contribution in [2.45, 2.75) is 43.9 Å². The maximum atomic E-state index is 13.0. The van der Waals surface area contributed by atoms with Gasteiger partial charge in [0.05, 0.1) is 44.7 Å². The van der Waals surface area contributed by atoms with Crippen molar-refractivity contribution in [3.63, 3.8) is 0 Å². The summed E-state index contributed by atoms with van der Waals surface area (Å²) in [5.74, 6) is -0.978. The van der Waals surface area contributed by atoms with Gasteiger partial charge >= 0.3 is 12.1 Å². The molecule has 1 aromatic heterocycles. The quantitative estimate of drug-likeness (QED) is 0.317. The smallest absolute Gasteiger partial charge is 0.416 e. The minimum absolute atomic E-state index is 0.000779. The van der Waals surface area contributed by atoms with Gasteiger partial charge in [0.2, 0.25) is 5.91 Å². The van der Waals surface area contributed by atoms with Crippen LogP contribution < -0.4 is 5.32 Å². The molecule has 1 atom stereocenters. The molecule has 0 radical (unpaired) electrons. The number of benzene rings is 2. The zero-order valence-corrected chi connectivity index (χ0v) is 19.6. The predicted octanol–water partition coefficient (Wildman–Crippen LogP) is 6.02. The highest BCUT2D eigenvalue weighted by Crippen LogP contribution is 2.34. The molecule has 0 aliphatic heterocycles. The van der Waals surface area contributed by atoms with E-state index in [1.54, 1.807) is 32.0 Å². The first kappa shape index (κ1) is 24.9. The fourth-order valence-corrected chi connectivity index (χ4v) is 4.24. The fraction of sp³-hybridized carbons (Fsp3) is 0.318. The number of carbonyl (C=O) groups excluding carboxylic acids is 2. The summed E-state index contributed by atoms with van der Waals surface area (Å²) in [6.07, 6.45) is -4.56. The van der Waals surface area contributed by atoms with Crippen LogP contribution in [0.15, 0.2) is 41.6 Å². The average Bonchev–Trinajstić information content (AvgIpc) is 3.10. The van der Waals surface area contributed by atoms with Gasteiger partial charge in [-0.15, -0.1) is 0 Å². The number of imidazole rings is 1. The summed E-state index contributed by atoms with van der Waals surface area (Å²) in [6, 6.07) is 7.77. The number of esters is 1. The molecule has 0 aliphatic carbocycles. The molecule has 1 amide bonds. The molecule has 176 valence electrons. The number of hydrogen-bond donors (Lipinski definition) is 1. The van der Waals surface area contributed by atoms with Crippen LogP contribution in [0.25, 0.3) is 11.0 Å². The van der Waals surface area contributed by atoms with Crippen molar-refractivity contribution in [3.05, 3.63) is 52.5 Å². The van der Waals surface area contributed by atoms with Crippen LogP contribution in [-0.4, -0.2) is 33.3 Å². The molecule has 2 aromatic carbocycles. The maximum Gasteiger partial charge on any atom is 0.416 e. The summed E-state index contributed by atoms with van der Waals surface area (Å²) in [6.45, 7) is 6.06. The predicted molar refractivity (Wildman–Crippen MR) is 122 cm³/mol. The number of fused-ring (bicyclic) bond motifs is 1. The second kappa shape index (κ2) is 10.0. The van der Waals surface area contributed by atoms with E-state index in [0.717, 1.165) is 35.5 Å². The molecule has 6 nitrogen and oxygen atoms in total. The Balaban J connectivity index is 1.82. The van der Waals surface area contributed by atoms with Crippen molar-refractivity contribution >= 4 is 52.0 Å².